The van der Waals surface area contributed by atoms with Gasteiger partial charge in [-0.05, 0) is 48.6 Å². The minimum absolute atomic E-state index is 0.0724. The number of carbonyl (C=O) groups is 1. The summed E-state index contributed by atoms with van der Waals surface area (Å²) in [5.74, 6) is 0.892. The summed E-state index contributed by atoms with van der Waals surface area (Å²) in [5, 5.41) is 0.995. The minimum atomic E-state index is -4.43. The lowest BCUT2D eigenvalue weighted by atomic mass is 9.95. The van der Waals surface area contributed by atoms with Crippen molar-refractivity contribution >= 4 is 17.3 Å². The van der Waals surface area contributed by atoms with Crippen LogP contribution in [0.25, 0.3) is 0 Å². The van der Waals surface area contributed by atoms with Gasteiger partial charge in [-0.2, -0.15) is 13.2 Å². The van der Waals surface area contributed by atoms with Gasteiger partial charge in [0.25, 0.3) is 0 Å². The number of hydrogen-bond acceptors (Lipinski definition) is 7. The van der Waals surface area contributed by atoms with Crippen LogP contribution in [0.1, 0.15) is 68.3 Å². The molecule has 206 valence electrons. The van der Waals surface area contributed by atoms with Gasteiger partial charge in [-0.15, -0.1) is 11.3 Å². The number of benzene rings is 2. The molecular weight excluding hydrogens is 529 g/mol. The summed E-state index contributed by atoms with van der Waals surface area (Å²) >= 11 is 1.63. The maximum atomic E-state index is 14.1. The molecular formula is C29H29F3N2O4S. The Hall–Kier alpha value is -3.11. The molecule has 0 saturated carbocycles. The molecule has 0 unspecified atom stereocenters. The molecule has 1 aromatic heterocycles. The summed E-state index contributed by atoms with van der Waals surface area (Å²) in [4.78, 5) is 19.5. The molecule has 2 aromatic carbocycles. The zero-order chi connectivity index (χ0) is 27.3. The van der Waals surface area contributed by atoms with Crippen molar-refractivity contribution < 1.29 is 32.2 Å². The first kappa shape index (κ1) is 26.1. The standard InChI is InChI=1S/C29H29F3N2O4S/c1-16-33-24-9-10-34(14-27(24)39-16)13-22-20-6-8-25(21(20)5-7-23(22)29(30,31)32)38-18-3-4-19-17(11-28(35)36-2)15-37-26(19)12-18/h3-5,7,12,17,25H,6,8-11,13-15H2,1-2H3/t17-,25-/m1/s1. The second-order valence-corrected chi connectivity index (χ2v) is 11.6. The molecule has 6 nitrogen and oxygen atoms in total. The number of carbonyl (C=O) groups excluding carboxylic acids is 1. The second-order valence-electron chi connectivity index (χ2n) is 10.4. The van der Waals surface area contributed by atoms with Crippen LogP contribution < -0.4 is 9.47 Å². The van der Waals surface area contributed by atoms with E-state index in [4.69, 9.17) is 14.2 Å². The van der Waals surface area contributed by atoms with Gasteiger partial charge in [0.2, 0.25) is 0 Å². The van der Waals surface area contributed by atoms with E-state index in [0.29, 0.717) is 49.6 Å². The zero-order valence-electron chi connectivity index (χ0n) is 21.8. The Labute approximate surface area is 228 Å². The zero-order valence-corrected chi connectivity index (χ0v) is 22.6. The number of fused-ring (bicyclic) bond motifs is 3. The van der Waals surface area contributed by atoms with Gasteiger partial charge < -0.3 is 14.2 Å². The van der Waals surface area contributed by atoms with Crippen molar-refractivity contribution in [3.63, 3.8) is 0 Å². The highest BCUT2D eigenvalue weighted by Crippen LogP contribution is 2.44. The van der Waals surface area contributed by atoms with Crippen LogP contribution in [0.4, 0.5) is 13.2 Å². The Morgan fingerprint density at radius 2 is 2.03 bits per heavy atom. The number of thiazole rings is 1. The van der Waals surface area contributed by atoms with Gasteiger partial charge in [0, 0.05) is 48.5 Å². The summed E-state index contributed by atoms with van der Waals surface area (Å²) in [6, 6.07) is 8.33. The molecule has 3 heterocycles. The molecule has 6 rings (SSSR count). The van der Waals surface area contributed by atoms with Crippen molar-refractivity contribution in [2.75, 3.05) is 20.3 Å². The molecule has 1 aliphatic carbocycles. The third-order valence-electron chi connectivity index (χ3n) is 7.86. The maximum absolute atomic E-state index is 14.1. The lowest BCUT2D eigenvalue weighted by Crippen LogP contribution is -2.31. The van der Waals surface area contributed by atoms with Crippen molar-refractivity contribution in [3.8, 4) is 11.5 Å². The molecule has 10 heteroatoms. The third kappa shape index (κ3) is 5.12. The normalized spacial score (nSPS) is 20.2. The Morgan fingerprint density at radius 1 is 1.21 bits per heavy atom. The van der Waals surface area contributed by atoms with E-state index in [1.165, 1.54) is 13.2 Å². The minimum Gasteiger partial charge on any atom is -0.492 e. The average molecular weight is 559 g/mol. The number of nitrogens with zero attached hydrogens (tertiary/aromatic N) is 2. The molecule has 39 heavy (non-hydrogen) atoms. The summed E-state index contributed by atoms with van der Waals surface area (Å²) in [7, 11) is 1.36. The van der Waals surface area contributed by atoms with Gasteiger partial charge in [-0.3, -0.25) is 9.69 Å². The van der Waals surface area contributed by atoms with Crippen LogP contribution in [0.15, 0.2) is 30.3 Å². The van der Waals surface area contributed by atoms with Gasteiger partial charge in [0.15, 0.2) is 0 Å². The smallest absolute Gasteiger partial charge is 0.416 e. The van der Waals surface area contributed by atoms with Crippen LogP contribution in [0.2, 0.25) is 0 Å². The third-order valence-corrected chi connectivity index (χ3v) is 8.86. The van der Waals surface area contributed by atoms with Crippen LogP contribution in [-0.2, 0) is 41.6 Å². The summed E-state index contributed by atoms with van der Waals surface area (Å²) in [5.41, 5.74) is 3.37. The van der Waals surface area contributed by atoms with E-state index >= 15 is 0 Å². The van der Waals surface area contributed by atoms with Crippen molar-refractivity contribution in [2.24, 2.45) is 0 Å². The Kier molecular flexibility index (Phi) is 6.79. The molecule has 0 N–H and O–H groups in total. The Morgan fingerprint density at radius 3 is 2.82 bits per heavy atom. The first-order chi connectivity index (χ1) is 18.7. The van der Waals surface area contributed by atoms with Gasteiger partial charge in [0.05, 0.1) is 36.4 Å². The molecule has 2 atom stereocenters. The van der Waals surface area contributed by atoms with Gasteiger partial charge in [-0.25, -0.2) is 4.98 Å². The van der Waals surface area contributed by atoms with Crippen molar-refractivity contribution in [1.82, 2.24) is 9.88 Å². The number of rotatable bonds is 6. The fourth-order valence-electron chi connectivity index (χ4n) is 5.99. The quantitative estimate of drug-likeness (QED) is 0.339. The molecule has 0 radical (unpaired) electrons. The maximum Gasteiger partial charge on any atom is 0.416 e. The first-order valence-corrected chi connectivity index (χ1v) is 13.9. The average Bonchev–Trinajstić information content (AvgIpc) is 3.59. The summed E-state index contributed by atoms with van der Waals surface area (Å²) in [6.45, 7) is 3.91. The summed E-state index contributed by atoms with van der Waals surface area (Å²) < 4.78 is 59.2. The van der Waals surface area contributed by atoms with Crippen molar-refractivity contribution in [2.45, 2.75) is 63.9 Å². The Bertz CT molecular complexity index is 1420. The second kappa shape index (κ2) is 10.1. The molecule has 0 bridgehead atoms. The number of methoxy groups -OCH3 is 1. The Balaban J connectivity index is 1.24. The van der Waals surface area contributed by atoms with Gasteiger partial charge in [0.1, 0.15) is 17.6 Å². The van der Waals surface area contributed by atoms with E-state index in [1.807, 2.05) is 19.1 Å². The molecule has 3 aromatic rings. The van der Waals surface area contributed by atoms with Crippen LogP contribution in [0.3, 0.4) is 0 Å². The van der Waals surface area contributed by atoms with Crippen molar-refractivity contribution in [3.05, 3.63) is 73.7 Å². The highest BCUT2D eigenvalue weighted by atomic mass is 32.1. The number of hydrogen-bond donors (Lipinski definition) is 0. The monoisotopic (exact) mass is 558 g/mol. The largest absolute Gasteiger partial charge is 0.492 e. The fourth-order valence-corrected chi connectivity index (χ4v) is 7.02. The fraction of sp³-hybridized carbons (Fsp3) is 0.448. The van der Waals surface area contributed by atoms with E-state index in [9.17, 15) is 18.0 Å². The highest BCUT2D eigenvalue weighted by Gasteiger charge is 2.38. The van der Waals surface area contributed by atoms with E-state index in [1.54, 1.807) is 23.5 Å². The molecule has 3 aliphatic rings. The molecule has 0 saturated heterocycles. The van der Waals surface area contributed by atoms with Crippen LogP contribution in [0.5, 0.6) is 11.5 Å². The predicted molar refractivity (Wildman–Crippen MR) is 139 cm³/mol. The summed E-state index contributed by atoms with van der Waals surface area (Å²) in [6.07, 6.45) is -2.65. The van der Waals surface area contributed by atoms with E-state index in [-0.39, 0.29) is 31.0 Å². The van der Waals surface area contributed by atoms with E-state index < -0.39 is 11.7 Å². The SMILES string of the molecule is COC(=O)C[C@@H]1COc2cc(O[C@@H]3CCc4c3ccc(C(F)(F)F)c4CN3CCc4nc(C)sc4C3)ccc21. The van der Waals surface area contributed by atoms with Crippen LogP contribution in [0, 0.1) is 6.92 Å². The molecule has 0 amide bonds. The number of halogens is 3. The van der Waals surface area contributed by atoms with E-state index in [2.05, 4.69) is 9.88 Å². The topological polar surface area (TPSA) is 60.9 Å². The van der Waals surface area contributed by atoms with Crippen molar-refractivity contribution in [1.29, 1.82) is 0 Å². The molecule has 2 aliphatic heterocycles. The number of ether oxygens (including phenoxy) is 3. The highest BCUT2D eigenvalue weighted by molar-refractivity contribution is 7.11. The van der Waals surface area contributed by atoms with Gasteiger partial charge in [-0.1, -0.05) is 12.1 Å². The predicted octanol–water partition coefficient (Wildman–Crippen LogP) is 6.13. The van der Waals surface area contributed by atoms with Gasteiger partial charge >= 0.3 is 12.1 Å². The number of alkyl halides is 3. The van der Waals surface area contributed by atoms with Crippen LogP contribution in [-0.4, -0.2) is 36.1 Å². The van der Waals surface area contributed by atoms with E-state index in [0.717, 1.165) is 38.7 Å². The number of aromatic nitrogens is 1. The lowest BCUT2D eigenvalue weighted by Gasteiger charge is -2.28. The lowest BCUT2D eigenvalue weighted by molar-refractivity contribution is -0.141. The number of aryl methyl sites for hydroxylation is 1. The number of esters is 1. The molecule has 0 spiro atoms. The first-order valence-electron chi connectivity index (χ1n) is 13.1. The molecule has 0 fully saturated rings. The van der Waals surface area contributed by atoms with Crippen LogP contribution >= 0.6 is 11.3 Å².